The second kappa shape index (κ2) is 4.31. The van der Waals surface area contributed by atoms with E-state index in [9.17, 15) is 4.79 Å². The first-order valence-corrected chi connectivity index (χ1v) is 8.03. The first kappa shape index (κ1) is 12.4. The molecule has 104 valence electrons. The second-order valence-electron chi connectivity index (χ2n) is 6.96. The van der Waals surface area contributed by atoms with Crippen LogP contribution < -0.4 is 0 Å². The minimum Gasteiger partial charge on any atom is -0.299 e. The molecule has 4 rings (SSSR count). The summed E-state index contributed by atoms with van der Waals surface area (Å²) in [5.41, 5.74) is 5.72. The summed E-state index contributed by atoms with van der Waals surface area (Å²) in [5, 5.41) is 0. The molecule has 0 aromatic heterocycles. The number of allylic oxidation sites excluding steroid dienone is 2. The van der Waals surface area contributed by atoms with Crippen molar-refractivity contribution in [3.05, 3.63) is 46.5 Å². The van der Waals surface area contributed by atoms with E-state index >= 15 is 0 Å². The van der Waals surface area contributed by atoms with E-state index in [1.807, 2.05) is 0 Å². The highest BCUT2D eigenvalue weighted by Gasteiger charge is 2.53. The number of fused-ring (bicyclic) bond motifs is 4. The number of carbonyl (C=O) groups excluding carboxylic acids is 1. The Bertz CT molecular complexity index is 610. The number of rotatable bonds is 2. The van der Waals surface area contributed by atoms with Crippen LogP contribution in [0.5, 0.6) is 0 Å². The van der Waals surface area contributed by atoms with Crippen LogP contribution in [0.15, 0.2) is 29.8 Å². The number of Topliss-reactive ketones (excluding diaryl/α,β-unsaturated/α-hetero) is 1. The molecule has 2 bridgehead atoms. The molecule has 1 aromatic carbocycles. The molecule has 2 unspecified atom stereocenters. The van der Waals surface area contributed by atoms with E-state index < -0.39 is 0 Å². The third-order valence-corrected chi connectivity index (χ3v) is 5.75. The van der Waals surface area contributed by atoms with Crippen molar-refractivity contribution in [1.29, 1.82) is 0 Å². The fourth-order valence-electron chi connectivity index (χ4n) is 4.69. The number of hydrogen-bond acceptors (Lipinski definition) is 1. The molecule has 1 saturated carbocycles. The van der Waals surface area contributed by atoms with Crippen LogP contribution in [0.25, 0.3) is 0 Å². The van der Waals surface area contributed by atoms with Gasteiger partial charge >= 0.3 is 0 Å². The number of hydrogen-bond donors (Lipinski definition) is 0. The van der Waals surface area contributed by atoms with Gasteiger partial charge in [-0.3, -0.25) is 4.79 Å². The average molecular weight is 266 g/mol. The fourth-order valence-corrected chi connectivity index (χ4v) is 4.69. The molecule has 2 atom stereocenters. The molecule has 1 spiro atoms. The highest BCUT2D eigenvalue weighted by Crippen LogP contribution is 2.56. The van der Waals surface area contributed by atoms with Gasteiger partial charge in [0.1, 0.15) is 5.78 Å². The molecule has 3 aliphatic carbocycles. The third-order valence-electron chi connectivity index (χ3n) is 5.75. The molecular weight excluding hydrogens is 244 g/mol. The predicted octanol–water partition coefficient (Wildman–Crippen LogP) is 4.03. The first-order valence-electron chi connectivity index (χ1n) is 8.03. The predicted molar refractivity (Wildman–Crippen MR) is 80.7 cm³/mol. The standard InChI is InChI=1S/C19H22O/c1-2-3-13-4-6-15-10-18(20)19(12-16(15)8-13)11-14-5-7-17(19)9-14/h4-6,8,17H,2-3,7,9-12H2,1H3. The van der Waals surface area contributed by atoms with Gasteiger partial charge in [-0.15, -0.1) is 0 Å². The van der Waals surface area contributed by atoms with E-state index in [1.165, 1.54) is 29.5 Å². The topological polar surface area (TPSA) is 17.1 Å². The minimum absolute atomic E-state index is 0.0259. The van der Waals surface area contributed by atoms with Crippen molar-refractivity contribution in [2.24, 2.45) is 11.3 Å². The van der Waals surface area contributed by atoms with Gasteiger partial charge in [0.25, 0.3) is 0 Å². The maximum absolute atomic E-state index is 12.8. The van der Waals surface area contributed by atoms with Crippen LogP contribution in [0.3, 0.4) is 0 Å². The van der Waals surface area contributed by atoms with Gasteiger partial charge in [0.15, 0.2) is 0 Å². The number of carbonyl (C=O) groups is 1. The molecule has 0 amide bonds. The maximum Gasteiger partial charge on any atom is 0.144 e. The summed E-state index contributed by atoms with van der Waals surface area (Å²) in [6.45, 7) is 2.23. The Balaban J connectivity index is 1.72. The number of aryl methyl sites for hydroxylation is 1. The van der Waals surface area contributed by atoms with Crippen LogP contribution >= 0.6 is 0 Å². The van der Waals surface area contributed by atoms with Gasteiger partial charge in [0, 0.05) is 11.8 Å². The van der Waals surface area contributed by atoms with E-state index in [4.69, 9.17) is 0 Å². The molecule has 0 heterocycles. The van der Waals surface area contributed by atoms with Crippen LogP contribution in [0.1, 0.15) is 49.3 Å². The van der Waals surface area contributed by atoms with Crippen molar-refractivity contribution < 1.29 is 4.79 Å². The fraction of sp³-hybridized carbons (Fsp3) is 0.526. The van der Waals surface area contributed by atoms with E-state index in [1.54, 1.807) is 5.57 Å². The first-order chi connectivity index (χ1) is 9.71. The van der Waals surface area contributed by atoms with Gasteiger partial charge in [0.2, 0.25) is 0 Å². The molecule has 0 N–H and O–H groups in total. The van der Waals surface area contributed by atoms with Gasteiger partial charge in [-0.1, -0.05) is 43.2 Å². The second-order valence-corrected chi connectivity index (χ2v) is 6.96. The molecule has 3 aliphatic rings. The van der Waals surface area contributed by atoms with Crippen LogP contribution in [0, 0.1) is 11.3 Å². The molecule has 20 heavy (non-hydrogen) atoms. The van der Waals surface area contributed by atoms with Crippen molar-refractivity contribution in [2.75, 3.05) is 0 Å². The van der Waals surface area contributed by atoms with Crippen LogP contribution in [-0.2, 0) is 24.1 Å². The number of benzene rings is 1. The summed E-state index contributed by atoms with van der Waals surface area (Å²) in [5.74, 6) is 1.12. The summed E-state index contributed by atoms with van der Waals surface area (Å²) in [7, 11) is 0. The average Bonchev–Trinajstić information content (AvgIpc) is 3.02. The minimum atomic E-state index is -0.0259. The lowest BCUT2D eigenvalue weighted by Crippen LogP contribution is -2.42. The van der Waals surface area contributed by atoms with Gasteiger partial charge in [-0.25, -0.2) is 0 Å². The number of ketones is 1. The van der Waals surface area contributed by atoms with Gasteiger partial charge in [-0.2, -0.15) is 0 Å². The quantitative estimate of drug-likeness (QED) is 0.739. The monoisotopic (exact) mass is 266 g/mol. The van der Waals surface area contributed by atoms with Crippen molar-refractivity contribution in [2.45, 2.75) is 51.9 Å². The normalized spacial score (nSPS) is 30.8. The Morgan fingerprint density at radius 3 is 2.85 bits per heavy atom. The SMILES string of the molecule is CCCc1ccc2c(c1)CC1(CC3=CCC1C3)C(=O)C2. The lowest BCUT2D eigenvalue weighted by Gasteiger charge is -2.39. The Kier molecular flexibility index (Phi) is 2.67. The van der Waals surface area contributed by atoms with Crippen LogP contribution in [-0.4, -0.2) is 5.78 Å². The van der Waals surface area contributed by atoms with Crippen molar-refractivity contribution in [3.63, 3.8) is 0 Å². The zero-order chi connectivity index (χ0) is 13.7. The summed E-state index contributed by atoms with van der Waals surface area (Å²) < 4.78 is 0. The molecule has 0 aliphatic heterocycles. The molecular formula is C19H22O. The van der Waals surface area contributed by atoms with Crippen molar-refractivity contribution in [1.82, 2.24) is 0 Å². The highest BCUT2D eigenvalue weighted by molar-refractivity contribution is 5.90. The van der Waals surface area contributed by atoms with E-state index in [-0.39, 0.29) is 5.41 Å². The van der Waals surface area contributed by atoms with E-state index in [0.29, 0.717) is 18.1 Å². The summed E-state index contributed by atoms with van der Waals surface area (Å²) >= 11 is 0. The lowest BCUT2D eigenvalue weighted by atomic mass is 9.63. The molecule has 1 fully saturated rings. The Labute approximate surface area is 121 Å². The summed E-state index contributed by atoms with van der Waals surface area (Å²) in [6, 6.07) is 6.81. The van der Waals surface area contributed by atoms with E-state index in [0.717, 1.165) is 25.7 Å². The Morgan fingerprint density at radius 2 is 2.15 bits per heavy atom. The van der Waals surface area contributed by atoms with Crippen molar-refractivity contribution >= 4 is 5.78 Å². The molecule has 0 saturated heterocycles. The highest BCUT2D eigenvalue weighted by atomic mass is 16.1. The van der Waals surface area contributed by atoms with Gasteiger partial charge in [0.05, 0.1) is 0 Å². The smallest absolute Gasteiger partial charge is 0.144 e. The summed E-state index contributed by atoms with van der Waals surface area (Å²) in [6.07, 6.45) is 9.79. The third kappa shape index (κ3) is 1.65. The van der Waals surface area contributed by atoms with E-state index in [2.05, 4.69) is 31.2 Å². The van der Waals surface area contributed by atoms with Gasteiger partial charge < -0.3 is 0 Å². The molecule has 1 aromatic rings. The lowest BCUT2D eigenvalue weighted by molar-refractivity contribution is -0.131. The zero-order valence-corrected chi connectivity index (χ0v) is 12.2. The van der Waals surface area contributed by atoms with Crippen molar-refractivity contribution in [3.8, 4) is 0 Å². The maximum atomic E-state index is 12.8. The molecule has 0 radical (unpaired) electrons. The Morgan fingerprint density at radius 1 is 1.25 bits per heavy atom. The molecule has 1 nitrogen and oxygen atoms in total. The Hall–Kier alpha value is -1.37. The summed E-state index contributed by atoms with van der Waals surface area (Å²) in [4.78, 5) is 12.8. The largest absolute Gasteiger partial charge is 0.299 e. The zero-order valence-electron chi connectivity index (χ0n) is 12.2. The van der Waals surface area contributed by atoms with Crippen LogP contribution in [0.4, 0.5) is 0 Å². The molecule has 1 heteroatoms. The van der Waals surface area contributed by atoms with Crippen LogP contribution in [0.2, 0.25) is 0 Å². The van der Waals surface area contributed by atoms with Gasteiger partial charge in [-0.05, 0) is 54.7 Å².